The quantitative estimate of drug-likeness (QED) is 0.696. The molecule has 4 nitrogen and oxygen atoms in total. The maximum absolute atomic E-state index is 5.39. The number of piperidine rings is 1. The predicted octanol–water partition coefficient (Wildman–Crippen LogP) is 4.51. The summed E-state index contributed by atoms with van der Waals surface area (Å²) in [6.45, 7) is 5.23. The maximum Gasteiger partial charge on any atom is 0.105 e. The van der Waals surface area contributed by atoms with E-state index >= 15 is 0 Å². The largest absolute Gasteiger partial charge is 0.469 e. The fraction of sp³-hybridized carbons (Fsp3) is 0.381. The minimum absolute atomic E-state index is 0.602. The van der Waals surface area contributed by atoms with Gasteiger partial charge in [-0.1, -0.05) is 12.1 Å². The van der Waals surface area contributed by atoms with E-state index in [1.807, 2.05) is 12.1 Å². The molecular formula is C21H25N3OS. The van der Waals surface area contributed by atoms with Crippen molar-refractivity contribution >= 4 is 17.0 Å². The summed E-state index contributed by atoms with van der Waals surface area (Å²) in [5, 5.41) is 6.94. The number of benzene rings is 1. The second kappa shape index (κ2) is 8.06. The molecule has 136 valence electrons. The van der Waals surface area contributed by atoms with Gasteiger partial charge in [-0.2, -0.15) is 0 Å². The molecule has 1 aliphatic rings. The van der Waals surface area contributed by atoms with Crippen molar-refractivity contribution in [3.8, 4) is 11.3 Å². The Morgan fingerprint density at radius 2 is 2.12 bits per heavy atom. The fourth-order valence-corrected chi connectivity index (χ4v) is 4.18. The highest BCUT2D eigenvalue weighted by molar-refractivity contribution is 7.09. The Balaban J connectivity index is 1.30. The van der Waals surface area contributed by atoms with E-state index in [1.165, 1.54) is 24.1 Å². The number of furan rings is 1. The lowest BCUT2D eigenvalue weighted by molar-refractivity contribution is 0.408. The molecule has 0 bridgehead atoms. The Morgan fingerprint density at radius 3 is 2.85 bits per heavy atom. The lowest BCUT2D eigenvalue weighted by Crippen LogP contribution is -2.43. The Morgan fingerprint density at radius 1 is 1.23 bits per heavy atom. The topological polar surface area (TPSA) is 41.3 Å². The van der Waals surface area contributed by atoms with Crippen LogP contribution < -0.4 is 10.2 Å². The number of rotatable bonds is 6. The van der Waals surface area contributed by atoms with Crippen LogP contribution in [0.1, 0.15) is 23.6 Å². The number of aromatic nitrogens is 1. The van der Waals surface area contributed by atoms with E-state index < -0.39 is 0 Å². The maximum atomic E-state index is 5.39. The van der Waals surface area contributed by atoms with E-state index in [9.17, 15) is 0 Å². The standard InChI is InChI=1S/C21H25N3OS/c1-16-23-21(15-26-16)17-4-2-5-19(14-17)24-11-8-18(9-12-24)22-10-7-20-6-3-13-25-20/h2-6,13-15,18,22H,7-12H2,1H3. The lowest BCUT2D eigenvalue weighted by atomic mass is 10.0. The van der Waals surface area contributed by atoms with Crippen molar-refractivity contribution in [3.63, 3.8) is 0 Å². The molecule has 0 saturated carbocycles. The Hall–Kier alpha value is -2.11. The molecule has 1 aliphatic heterocycles. The molecule has 1 aromatic carbocycles. The molecule has 26 heavy (non-hydrogen) atoms. The molecule has 1 saturated heterocycles. The van der Waals surface area contributed by atoms with Crippen molar-refractivity contribution in [3.05, 3.63) is 58.8 Å². The van der Waals surface area contributed by atoms with Crippen molar-refractivity contribution in [2.24, 2.45) is 0 Å². The highest BCUT2D eigenvalue weighted by Crippen LogP contribution is 2.27. The Kier molecular flexibility index (Phi) is 5.37. The molecular weight excluding hydrogens is 342 g/mol. The normalized spacial score (nSPS) is 15.5. The Labute approximate surface area is 158 Å². The van der Waals surface area contributed by atoms with Gasteiger partial charge in [0, 0.05) is 48.7 Å². The van der Waals surface area contributed by atoms with Gasteiger partial charge >= 0.3 is 0 Å². The average Bonchev–Trinajstić information content (AvgIpc) is 3.34. The van der Waals surface area contributed by atoms with Gasteiger partial charge in [0.05, 0.1) is 17.0 Å². The molecule has 4 rings (SSSR count). The zero-order valence-corrected chi connectivity index (χ0v) is 16.0. The van der Waals surface area contributed by atoms with Crippen LogP contribution in [0.5, 0.6) is 0 Å². The van der Waals surface area contributed by atoms with Gasteiger partial charge in [-0.3, -0.25) is 0 Å². The summed E-state index contributed by atoms with van der Waals surface area (Å²) in [7, 11) is 0. The number of thiazole rings is 1. The third kappa shape index (κ3) is 4.17. The summed E-state index contributed by atoms with van der Waals surface area (Å²) in [6, 6.07) is 13.4. The number of hydrogen-bond acceptors (Lipinski definition) is 5. The van der Waals surface area contributed by atoms with E-state index in [0.717, 1.165) is 42.5 Å². The summed E-state index contributed by atoms with van der Waals surface area (Å²) in [6.07, 6.45) is 5.06. The molecule has 2 aromatic heterocycles. The summed E-state index contributed by atoms with van der Waals surface area (Å²) >= 11 is 1.71. The molecule has 1 N–H and O–H groups in total. The average molecular weight is 368 g/mol. The van der Waals surface area contributed by atoms with Crippen LogP contribution in [-0.4, -0.2) is 30.7 Å². The van der Waals surface area contributed by atoms with Gasteiger partial charge in [0.15, 0.2) is 0 Å². The van der Waals surface area contributed by atoms with Gasteiger partial charge in [-0.15, -0.1) is 11.3 Å². The van der Waals surface area contributed by atoms with Gasteiger partial charge in [0.2, 0.25) is 0 Å². The molecule has 0 amide bonds. The molecule has 3 heterocycles. The van der Waals surface area contributed by atoms with E-state index in [2.05, 4.69) is 51.8 Å². The summed E-state index contributed by atoms with van der Waals surface area (Å²) in [4.78, 5) is 7.11. The molecule has 1 fully saturated rings. The highest BCUT2D eigenvalue weighted by Gasteiger charge is 2.19. The van der Waals surface area contributed by atoms with Crippen LogP contribution >= 0.6 is 11.3 Å². The van der Waals surface area contributed by atoms with Gasteiger partial charge < -0.3 is 14.6 Å². The first-order valence-corrected chi connectivity index (χ1v) is 10.2. The number of aryl methyl sites for hydroxylation is 1. The number of nitrogens with zero attached hydrogens (tertiary/aromatic N) is 2. The second-order valence-corrected chi connectivity index (χ2v) is 7.91. The smallest absolute Gasteiger partial charge is 0.105 e. The van der Waals surface area contributed by atoms with E-state index in [1.54, 1.807) is 17.6 Å². The third-order valence-corrected chi connectivity index (χ3v) is 5.78. The van der Waals surface area contributed by atoms with Gasteiger partial charge in [0.25, 0.3) is 0 Å². The number of hydrogen-bond donors (Lipinski definition) is 1. The summed E-state index contributed by atoms with van der Waals surface area (Å²) < 4.78 is 5.39. The van der Waals surface area contributed by atoms with Crippen LogP contribution in [0, 0.1) is 6.92 Å². The van der Waals surface area contributed by atoms with Crippen LogP contribution in [0.4, 0.5) is 5.69 Å². The SMILES string of the molecule is Cc1nc(-c2cccc(N3CCC(NCCc4ccco4)CC3)c2)cs1. The monoisotopic (exact) mass is 367 g/mol. The lowest BCUT2D eigenvalue weighted by Gasteiger charge is -2.34. The molecule has 0 radical (unpaired) electrons. The fourth-order valence-electron chi connectivity index (χ4n) is 3.55. The first-order valence-electron chi connectivity index (χ1n) is 9.31. The zero-order chi connectivity index (χ0) is 17.8. The zero-order valence-electron chi connectivity index (χ0n) is 15.1. The molecule has 0 spiro atoms. The summed E-state index contributed by atoms with van der Waals surface area (Å²) in [5.41, 5.74) is 3.61. The van der Waals surface area contributed by atoms with Crippen molar-refractivity contribution in [1.29, 1.82) is 0 Å². The van der Waals surface area contributed by atoms with Crippen molar-refractivity contribution < 1.29 is 4.42 Å². The predicted molar refractivity (Wildman–Crippen MR) is 108 cm³/mol. The second-order valence-electron chi connectivity index (χ2n) is 6.85. The van der Waals surface area contributed by atoms with E-state index in [0.29, 0.717) is 6.04 Å². The van der Waals surface area contributed by atoms with E-state index in [-0.39, 0.29) is 0 Å². The molecule has 3 aromatic rings. The first-order chi connectivity index (χ1) is 12.8. The minimum Gasteiger partial charge on any atom is -0.469 e. The minimum atomic E-state index is 0.602. The van der Waals surface area contributed by atoms with Crippen molar-refractivity contribution in [2.75, 3.05) is 24.5 Å². The molecule has 0 unspecified atom stereocenters. The first kappa shape index (κ1) is 17.3. The van der Waals surface area contributed by atoms with Crippen LogP contribution in [0.3, 0.4) is 0 Å². The van der Waals surface area contributed by atoms with Crippen LogP contribution in [0.2, 0.25) is 0 Å². The highest BCUT2D eigenvalue weighted by atomic mass is 32.1. The van der Waals surface area contributed by atoms with E-state index in [4.69, 9.17) is 4.42 Å². The summed E-state index contributed by atoms with van der Waals surface area (Å²) in [5.74, 6) is 1.06. The van der Waals surface area contributed by atoms with Crippen LogP contribution in [0.25, 0.3) is 11.3 Å². The van der Waals surface area contributed by atoms with Gasteiger partial charge in [-0.05, 0) is 44.0 Å². The van der Waals surface area contributed by atoms with Gasteiger partial charge in [0.1, 0.15) is 5.76 Å². The molecule has 5 heteroatoms. The Bertz CT molecular complexity index is 819. The number of nitrogens with one attached hydrogen (secondary N) is 1. The van der Waals surface area contributed by atoms with Crippen molar-refractivity contribution in [2.45, 2.75) is 32.2 Å². The third-order valence-electron chi connectivity index (χ3n) is 5.01. The van der Waals surface area contributed by atoms with Crippen LogP contribution in [0.15, 0.2) is 52.5 Å². The molecule has 0 atom stereocenters. The van der Waals surface area contributed by atoms with Gasteiger partial charge in [-0.25, -0.2) is 4.98 Å². The number of anilines is 1. The molecule has 0 aliphatic carbocycles. The van der Waals surface area contributed by atoms with Crippen molar-refractivity contribution in [1.82, 2.24) is 10.3 Å². The van der Waals surface area contributed by atoms with Crippen LogP contribution in [-0.2, 0) is 6.42 Å².